The van der Waals surface area contributed by atoms with Gasteiger partial charge in [0.2, 0.25) is 0 Å². The van der Waals surface area contributed by atoms with E-state index in [1.54, 1.807) is 0 Å². The Balaban J connectivity index is 2.40. The minimum Gasteiger partial charge on any atom is -0.362 e. The van der Waals surface area contributed by atoms with Gasteiger partial charge >= 0.3 is 6.18 Å². The predicted molar refractivity (Wildman–Crippen MR) is 75.2 cm³/mol. The van der Waals surface area contributed by atoms with E-state index >= 15 is 0 Å². The van der Waals surface area contributed by atoms with Crippen LogP contribution in [0.1, 0.15) is 43.0 Å². The molecular formula is C15H16F4N2O2. The lowest BCUT2D eigenvalue weighted by Gasteiger charge is -2.32. The number of carbonyl (C=O) groups excluding carboxylic acids is 1. The van der Waals surface area contributed by atoms with E-state index in [0.29, 0.717) is 6.42 Å². The number of benzene rings is 1. The van der Waals surface area contributed by atoms with Crippen LogP contribution >= 0.6 is 0 Å². The lowest BCUT2D eigenvalue weighted by molar-refractivity contribution is -0.297. The van der Waals surface area contributed by atoms with Crippen LogP contribution in [0.25, 0.3) is 0 Å². The summed E-state index contributed by atoms with van der Waals surface area (Å²) in [6, 6.07) is 4.63. The first-order chi connectivity index (χ1) is 10.7. The van der Waals surface area contributed by atoms with Gasteiger partial charge in [0.25, 0.3) is 11.6 Å². The van der Waals surface area contributed by atoms with Crippen LogP contribution in [-0.4, -0.2) is 33.6 Å². The van der Waals surface area contributed by atoms with Crippen LogP contribution in [0.5, 0.6) is 0 Å². The molecule has 1 amide bonds. The Bertz CT molecular complexity index is 630. The van der Waals surface area contributed by atoms with Crippen molar-refractivity contribution in [2.24, 2.45) is 5.10 Å². The standard InChI is InChI=1S/C15H16F4N2O2/c1-2-3-6-10-9-14(23,15(17,18)19)21(20-10)13(22)11-7-4-5-8-12(11)16/h4-5,7-8,23H,2-3,6,9H2,1H3/t14-/m0/s1. The molecule has 1 aromatic rings. The minimum absolute atomic E-state index is 0.0452. The molecular weight excluding hydrogens is 316 g/mol. The van der Waals surface area contributed by atoms with E-state index in [1.807, 2.05) is 6.92 Å². The Morgan fingerprint density at radius 1 is 1.39 bits per heavy atom. The highest BCUT2D eigenvalue weighted by Gasteiger charge is 2.63. The molecule has 0 saturated carbocycles. The normalized spacial score (nSPS) is 21.5. The molecule has 8 heteroatoms. The van der Waals surface area contributed by atoms with Gasteiger partial charge in [0, 0.05) is 12.1 Å². The molecule has 1 aromatic carbocycles. The fourth-order valence-corrected chi connectivity index (χ4v) is 2.32. The average molecular weight is 332 g/mol. The van der Waals surface area contributed by atoms with Gasteiger partial charge in [0.15, 0.2) is 0 Å². The fourth-order valence-electron chi connectivity index (χ4n) is 2.32. The number of carbonyl (C=O) groups is 1. The largest absolute Gasteiger partial charge is 0.438 e. The Morgan fingerprint density at radius 3 is 2.61 bits per heavy atom. The Hall–Kier alpha value is -1.96. The van der Waals surface area contributed by atoms with Gasteiger partial charge in [-0.2, -0.15) is 23.3 Å². The van der Waals surface area contributed by atoms with E-state index in [4.69, 9.17) is 0 Å². The average Bonchev–Trinajstić information content (AvgIpc) is 2.83. The highest BCUT2D eigenvalue weighted by atomic mass is 19.4. The molecule has 0 spiro atoms. The van der Waals surface area contributed by atoms with Crippen LogP contribution in [0, 0.1) is 5.82 Å². The summed E-state index contributed by atoms with van der Waals surface area (Å²) in [7, 11) is 0. The number of halogens is 4. The zero-order valence-corrected chi connectivity index (χ0v) is 12.4. The minimum atomic E-state index is -5.11. The molecule has 0 aromatic heterocycles. The molecule has 126 valence electrons. The molecule has 0 bridgehead atoms. The van der Waals surface area contributed by atoms with Gasteiger partial charge in [-0.05, 0) is 25.0 Å². The van der Waals surface area contributed by atoms with Crippen molar-refractivity contribution in [3.8, 4) is 0 Å². The topological polar surface area (TPSA) is 52.9 Å². The third-order valence-electron chi connectivity index (χ3n) is 3.61. The Labute approximate surface area is 130 Å². The zero-order valence-electron chi connectivity index (χ0n) is 12.4. The number of hydrazone groups is 1. The molecule has 1 aliphatic rings. The van der Waals surface area contributed by atoms with Crippen molar-refractivity contribution in [3.63, 3.8) is 0 Å². The van der Waals surface area contributed by atoms with Crippen molar-refractivity contribution in [1.29, 1.82) is 0 Å². The number of hydrogen-bond acceptors (Lipinski definition) is 3. The summed E-state index contributed by atoms with van der Waals surface area (Å²) in [6.45, 7) is 1.85. The van der Waals surface area contributed by atoms with Crippen LogP contribution in [-0.2, 0) is 0 Å². The molecule has 4 nitrogen and oxygen atoms in total. The van der Waals surface area contributed by atoms with Gasteiger partial charge in [0.05, 0.1) is 5.56 Å². The van der Waals surface area contributed by atoms with Crippen LogP contribution in [0.15, 0.2) is 29.4 Å². The second-order valence-corrected chi connectivity index (χ2v) is 5.36. The third kappa shape index (κ3) is 3.21. The summed E-state index contributed by atoms with van der Waals surface area (Å²) in [5.74, 6) is -2.30. The van der Waals surface area contributed by atoms with Gasteiger partial charge in [-0.3, -0.25) is 4.79 Å². The lowest BCUT2D eigenvalue weighted by Crippen LogP contribution is -2.56. The number of nitrogens with zero attached hydrogens (tertiary/aromatic N) is 2. The van der Waals surface area contributed by atoms with E-state index in [-0.39, 0.29) is 17.1 Å². The van der Waals surface area contributed by atoms with Gasteiger partial charge in [-0.25, -0.2) is 4.39 Å². The molecule has 23 heavy (non-hydrogen) atoms. The first kappa shape index (κ1) is 17.4. The van der Waals surface area contributed by atoms with Crippen molar-refractivity contribution in [3.05, 3.63) is 35.6 Å². The second-order valence-electron chi connectivity index (χ2n) is 5.36. The van der Waals surface area contributed by atoms with Crippen LogP contribution in [0.4, 0.5) is 17.6 Å². The van der Waals surface area contributed by atoms with E-state index in [9.17, 15) is 27.5 Å². The molecule has 0 unspecified atom stereocenters. The molecule has 0 radical (unpaired) electrons. The van der Waals surface area contributed by atoms with Crippen molar-refractivity contribution >= 4 is 11.6 Å². The predicted octanol–water partition coefficient (Wildman–Crippen LogP) is 3.47. The number of unbranched alkanes of at least 4 members (excludes halogenated alkanes) is 1. The Kier molecular flexibility index (Phi) is 4.74. The maximum absolute atomic E-state index is 13.7. The van der Waals surface area contributed by atoms with Crippen molar-refractivity contribution in [2.45, 2.75) is 44.5 Å². The zero-order chi connectivity index (χ0) is 17.3. The quantitative estimate of drug-likeness (QED) is 0.859. The summed E-state index contributed by atoms with van der Waals surface area (Å²) < 4.78 is 53.5. The number of hydrogen-bond donors (Lipinski definition) is 1. The summed E-state index contributed by atoms with van der Waals surface area (Å²) in [4.78, 5) is 12.3. The lowest BCUT2D eigenvalue weighted by atomic mass is 10.0. The molecule has 2 rings (SSSR count). The summed E-state index contributed by atoms with van der Waals surface area (Å²) in [5.41, 5.74) is -3.96. The highest BCUT2D eigenvalue weighted by molar-refractivity contribution is 5.98. The molecule has 1 atom stereocenters. The monoisotopic (exact) mass is 332 g/mol. The first-order valence-electron chi connectivity index (χ1n) is 7.15. The maximum Gasteiger partial charge on any atom is 0.438 e. The number of amides is 1. The fraction of sp³-hybridized carbons (Fsp3) is 0.467. The second kappa shape index (κ2) is 6.27. The van der Waals surface area contributed by atoms with Crippen LogP contribution < -0.4 is 0 Å². The van der Waals surface area contributed by atoms with E-state index < -0.39 is 35.6 Å². The summed E-state index contributed by atoms with van der Waals surface area (Å²) in [5, 5.41) is 13.6. The summed E-state index contributed by atoms with van der Waals surface area (Å²) in [6.07, 6.45) is -4.39. The van der Waals surface area contributed by atoms with Crippen molar-refractivity contribution < 1.29 is 27.5 Å². The molecule has 0 aliphatic carbocycles. The molecule has 1 heterocycles. The molecule has 1 aliphatic heterocycles. The SMILES string of the molecule is CCCCC1=NN(C(=O)c2ccccc2F)[C@@](O)(C(F)(F)F)C1. The van der Waals surface area contributed by atoms with E-state index in [1.165, 1.54) is 12.1 Å². The van der Waals surface area contributed by atoms with Gasteiger partial charge < -0.3 is 5.11 Å². The number of aliphatic hydroxyl groups is 1. The van der Waals surface area contributed by atoms with Crippen molar-refractivity contribution in [1.82, 2.24) is 5.01 Å². The van der Waals surface area contributed by atoms with Crippen LogP contribution in [0.3, 0.4) is 0 Å². The van der Waals surface area contributed by atoms with Crippen molar-refractivity contribution in [2.75, 3.05) is 0 Å². The van der Waals surface area contributed by atoms with E-state index in [2.05, 4.69) is 5.10 Å². The smallest absolute Gasteiger partial charge is 0.362 e. The van der Waals surface area contributed by atoms with Crippen LogP contribution in [0.2, 0.25) is 0 Å². The highest BCUT2D eigenvalue weighted by Crippen LogP contribution is 2.41. The van der Waals surface area contributed by atoms with Gasteiger partial charge in [-0.15, -0.1) is 0 Å². The maximum atomic E-state index is 13.7. The Morgan fingerprint density at radius 2 is 2.04 bits per heavy atom. The summed E-state index contributed by atoms with van der Waals surface area (Å²) >= 11 is 0. The third-order valence-corrected chi connectivity index (χ3v) is 3.61. The molecule has 0 fully saturated rings. The molecule has 1 N–H and O–H groups in total. The van der Waals surface area contributed by atoms with E-state index in [0.717, 1.165) is 18.6 Å². The number of rotatable bonds is 4. The number of alkyl halides is 3. The first-order valence-corrected chi connectivity index (χ1v) is 7.15. The van der Waals surface area contributed by atoms with Gasteiger partial charge in [0.1, 0.15) is 5.82 Å². The molecule has 0 saturated heterocycles. The van der Waals surface area contributed by atoms with Gasteiger partial charge in [-0.1, -0.05) is 25.5 Å².